The lowest BCUT2D eigenvalue weighted by Gasteiger charge is -2.23. The van der Waals surface area contributed by atoms with Gasteiger partial charge in [0.2, 0.25) is 0 Å². The van der Waals surface area contributed by atoms with Crippen molar-refractivity contribution in [1.82, 2.24) is 9.89 Å². The maximum absolute atomic E-state index is 5.25. The van der Waals surface area contributed by atoms with Gasteiger partial charge >= 0.3 is 0 Å². The zero-order valence-electron chi connectivity index (χ0n) is 6.94. The van der Waals surface area contributed by atoms with Gasteiger partial charge in [0, 0.05) is 25.5 Å². The molecule has 0 bridgehead atoms. The van der Waals surface area contributed by atoms with Gasteiger partial charge in [-0.25, -0.2) is 0 Å². The molecule has 0 aromatic carbocycles. The fraction of sp³-hybridized carbons (Fsp3) is 0.625. The molecule has 1 saturated heterocycles. The van der Waals surface area contributed by atoms with Gasteiger partial charge in [0.15, 0.2) is 0 Å². The van der Waals surface area contributed by atoms with Crippen molar-refractivity contribution < 1.29 is 4.74 Å². The molecule has 1 aliphatic rings. The van der Waals surface area contributed by atoms with E-state index in [4.69, 9.17) is 4.74 Å². The standard InChI is InChI=1S/C8H13N3O/c1-4-9-11(5-1)10-8-2-6-12-7-3-8/h1,4-5,8,10H,2-3,6-7H2. The molecule has 0 atom stereocenters. The van der Waals surface area contributed by atoms with E-state index in [0.29, 0.717) is 6.04 Å². The Labute approximate surface area is 71.5 Å². The molecule has 0 unspecified atom stereocenters. The summed E-state index contributed by atoms with van der Waals surface area (Å²) in [6, 6.07) is 2.42. The summed E-state index contributed by atoms with van der Waals surface area (Å²) >= 11 is 0. The van der Waals surface area contributed by atoms with Crippen LogP contribution in [-0.2, 0) is 4.74 Å². The summed E-state index contributed by atoms with van der Waals surface area (Å²) in [5, 5.41) is 4.08. The van der Waals surface area contributed by atoms with E-state index in [1.54, 1.807) is 11.0 Å². The SMILES string of the molecule is c1cnn(NC2CCOCC2)c1. The van der Waals surface area contributed by atoms with E-state index < -0.39 is 0 Å². The fourth-order valence-electron chi connectivity index (χ4n) is 1.36. The van der Waals surface area contributed by atoms with E-state index in [1.165, 1.54) is 0 Å². The van der Waals surface area contributed by atoms with Crippen molar-refractivity contribution in [2.45, 2.75) is 18.9 Å². The Morgan fingerprint density at radius 3 is 2.92 bits per heavy atom. The van der Waals surface area contributed by atoms with E-state index >= 15 is 0 Å². The van der Waals surface area contributed by atoms with Crippen molar-refractivity contribution >= 4 is 0 Å². The molecule has 1 fully saturated rings. The molecule has 0 radical (unpaired) electrons. The molecule has 66 valence electrons. The van der Waals surface area contributed by atoms with Gasteiger partial charge in [-0.05, 0) is 18.9 Å². The van der Waals surface area contributed by atoms with Crippen LogP contribution in [-0.4, -0.2) is 29.1 Å². The van der Waals surface area contributed by atoms with Gasteiger partial charge in [-0.15, -0.1) is 0 Å². The molecular weight excluding hydrogens is 154 g/mol. The van der Waals surface area contributed by atoms with Crippen molar-refractivity contribution in [2.24, 2.45) is 0 Å². The zero-order chi connectivity index (χ0) is 8.23. The number of aromatic nitrogens is 2. The van der Waals surface area contributed by atoms with Gasteiger partial charge < -0.3 is 10.2 Å². The molecule has 0 spiro atoms. The highest BCUT2D eigenvalue weighted by molar-refractivity contribution is 4.86. The third kappa shape index (κ3) is 1.76. The van der Waals surface area contributed by atoms with Crippen molar-refractivity contribution in [2.75, 3.05) is 18.6 Å². The Bertz CT molecular complexity index is 216. The van der Waals surface area contributed by atoms with E-state index in [-0.39, 0.29) is 0 Å². The predicted octanol–water partition coefficient (Wildman–Crippen LogP) is 0.606. The van der Waals surface area contributed by atoms with Gasteiger partial charge in [-0.2, -0.15) is 9.89 Å². The summed E-state index contributed by atoms with van der Waals surface area (Å²) in [6.45, 7) is 1.72. The highest BCUT2D eigenvalue weighted by Gasteiger charge is 2.12. The van der Waals surface area contributed by atoms with Gasteiger partial charge in [-0.3, -0.25) is 0 Å². The second-order valence-electron chi connectivity index (χ2n) is 2.97. The Kier molecular flexibility index (Phi) is 2.27. The summed E-state index contributed by atoms with van der Waals surface area (Å²) in [4.78, 5) is 1.76. The minimum atomic E-state index is 0.513. The van der Waals surface area contributed by atoms with Crippen LogP contribution in [0, 0.1) is 0 Å². The van der Waals surface area contributed by atoms with Crippen LogP contribution >= 0.6 is 0 Å². The smallest absolute Gasteiger partial charge is 0.0510 e. The lowest BCUT2D eigenvalue weighted by molar-refractivity contribution is 0.0876. The Morgan fingerprint density at radius 2 is 2.25 bits per heavy atom. The van der Waals surface area contributed by atoms with Gasteiger partial charge in [-0.1, -0.05) is 0 Å². The van der Waals surface area contributed by atoms with Crippen LogP contribution in [0.2, 0.25) is 0 Å². The molecule has 2 heterocycles. The number of hydrogen-bond donors (Lipinski definition) is 1. The van der Waals surface area contributed by atoms with Gasteiger partial charge in [0.1, 0.15) is 0 Å². The van der Waals surface area contributed by atoms with Crippen LogP contribution in [0.3, 0.4) is 0 Å². The van der Waals surface area contributed by atoms with E-state index in [9.17, 15) is 0 Å². The maximum atomic E-state index is 5.25. The molecular formula is C8H13N3O. The summed E-state index contributed by atoms with van der Waals surface area (Å²) < 4.78 is 5.25. The predicted molar refractivity (Wildman–Crippen MR) is 45.4 cm³/mol. The van der Waals surface area contributed by atoms with E-state index in [2.05, 4.69) is 10.5 Å². The molecule has 1 aliphatic heterocycles. The molecule has 1 aromatic rings. The van der Waals surface area contributed by atoms with E-state index in [1.807, 2.05) is 12.3 Å². The summed E-state index contributed by atoms with van der Waals surface area (Å²) in [7, 11) is 0. The Hall–Kier alpha value is -1.03. The van der Waals surface area contributed by atoms with Gasteiger partial charge in [0.05, 0.1) is 6.20 Å². The molecule has 4 nitrogen and oxygen atoms in total. The normalized spacial score (nSPS) is 19.3. The van der Waals surface area contributed by atoms with Crippen LogP contribution < -0.4 is 5.43 Å². The minimum Gasteiger partial charge on any atom is -0.381 e. The Balaban J connectivity index is 1.86. The zero-order valence-corrected chi connectivity index (χ0v) is 6.94. The Morgan fingerprint density at radius 1 is 1.42 bits per heavy atom. The maximum Gasteiger partial charge on any atom is 0.0510 e. The molecule has 2 rings (SSSR count). The average Bonchev–Trinajstić information content (AvgIpc) is 2.59. The molecule has 1 N–H and O–H groups in total. The van der Waals surface area contributed by atoms with Crippen LogP contribution in [0.15, 0.2) is 18.5 Å². The molecule has 0 amide bonds. The van der Waals surface area contributed by atoms with Crippen molar-refractivity contribution in [3.63, 3.8) is 0 Å². The topological polar surface area (TPSA) is 39.1 Å². The number of hydrogen-bond acceptors (Lipinski definition) is 3. The highest BCUT2D eigenvalue weighted by atomic mass is 16.5. The number of nitrogens with zero attached hydrogens (tertiary/aromatic N) is 2. The number of nitrogens with one attached hydrogen (secondary N) is 1. The lowest BCUT2D eigenvalue weighted by Crippen LogP contribution is -2.33. The first-order valence-electron chi connectivity index (χ1n) is 4.29. The fourth-order valence-corrected chi connectivity index (χ4v) is 1.36. The first-order valence-corrected chi connectivity index (χ1v) is 4.29. The second kappa shape index (κ2) is 3.58. The molecule has 0 saturated carbocycles. The largest absolute Gasteiger partial charge is 0.381 e. The quantitative estimate of drug-likeness (QED) is 0.701. The summed E-state index contributed by atoms with van der Waals surface area (Å²) in [5.41, 5.74) is 3.29. The minimum absolute atomic E-state index is 0.513. The van der Waals surface area contributed by atoms with Crippen LogP contribution in [0.1, 0.15) is 12.8 Å². The molecule has 0 aliphatic carbocycles. The average molecular weight is 167 g/mol. The number of ether oxygens (including phenoxy) is 1. The first-order chi connectivity index (χ1) is 5.95. The number of rotatable bonds is 2. The molecule has 1 aromatic heterocycles. The van der Waals surface area contributed by atoms with Crippen LogP contribution in [0.25, 0.3) is 0 Å². The molecule has 12 heavy (non-hydrogen) atoms. The first kappa shape index (κ1) is 7.61. The lowest BCUT2D eigenvalue weighted by atomic mass is 10.1. The monoisotopic (exact) mass is 167 g/mol. The van der Waals surface area contributed by atoms with Gasteiger partial charge in [0.25, 0.3) is 0 Å². The van der Waals surface area contributed by atoms with E-state index in [0.717, 1.165) is 26.1 Å². The summed E-state index contributed by atoms with van der Waals surface area (Å²) in [5.74, 6) is 0. The highest BCUT2D eigenvalue weighted by Crippen LogP contribution is 2.06. The van der Waals surface area contributed by atoms with Crippen LogP contribution in [0.4, 0.5) is 0 Å². The molecule has 4 heteroatoms. The third-order valence-corrected chi connectivity index (χ3v) is 2.04. The van der Waals surface area contributed by atoms with Crippen molar-refractivity contribution in [1.29, 1.82) is 0 Å². The van der Waals surface area contributed by atoms with Crippen LogP contribution in [0.5, 0.6) is 0 Å². The van der Waals surface area contributed by atoms with Crippen molar-refractivity contribution in [3.05, 3.63) is 18.5 Å². The second-order valence-corrected chi connectivity index (χ2v) is 2.97. The van der Waals surface area contributed by atoms with Crippen molar-refractivity contribution in [3.8, 4) is 0 Å². The third-order valence-electron chi connectivity index (χ3n) is 2.04. The summed E-state index contributed by atoms with van der Waals surface area (Å²) in [6.07, 6.45) is 5.82.